The number of nitrogens with two attached hydrogens (primary N) is 1. The zero-order valence-corrected chi connectivity index (χ0v) is 14.2. The Hall–Kier alpha value is -3.45. The topological polar surface area (TPSA) is 93.1 Å². The smallest absolute Gasteiger partial charge is 0.167 e. The molecule has 0 aliphatic carbocycles. The lowest BCUT2D eigenvalue weighted by Gasteiger charge is -2.13. The summed E-state index contributed by atoms with van der Waals surface area (Å²) in [5, 5.41) is 9.38. The molecule has 0 atom stereocenters. The summed E-state index contributed by atoms with van der Waals surface area (Å²) in [6.07, 6.45) is 1.54. The van der Waals surface area contributed by atoms with Gasteiger partial charge in [-0.3, -0.25) is 4.57 Å². The van der Waals surface area contributed by atoms with Gasteiger partial charge in [0.25, 0.3) is 0 Å². The molecule has 0 amide bonds. The van der Waals surface area contributed by atoms with Crippen LogP contribution in [0.3, 0.4) is 0 Å². The molecule has 7 heteroatoms. The molecule has 0 aliphatic rings. The van der Waals surface area contributed by atoms with E-state index in [9.17, 15) is 5.11 Å². The van der Waals surface area contributed by atoms with Crippen LogP contribution < -0.4 is 10.6 Å². The van der Waals surface area contributed by atoms with Crippen LogP contribution in [0, 0.1) is 0 Å². The van der Waals surface area contributed by atoms with E-state index in [4.69, 9.17) is 14.0 Å². The van der Waals surface area contributed by atoms with Crippen molar-refractivity contribution in [2.45, 2.75) is 6.61 Å². The van der Waals surface area contributed by atoms with Crippen molar-refractivity contribution < 1.29 is 13.3 Å². The van der Waals surface area contributed by atoms with Crippen molar-refractivity contribution in [3.63, 3.8) is 0 Å². The molecule has 0 saturated carbocycles. The average Bonchev–Trinajstić information content (AvgIpc) is 3.10. The van der Waals surface area contributed by atoms with E-state index in [0.717, 1.165) is 0 Å². The number of aliphatic hydroxyl groups is 1. The molecule has 27 heavy (non-hydrogen) atoms. The quantitative estimate of drug-likeness (QED) is 0.577. The molecular formula is C20H20N6O. The third-order valence-corrected chi connectivity index (χ3v) is 4.18. The predicted molar refractivity (Wildman–Crippen MR) is 107 cm³/mol. The van der Waals surface area contributed by atoms with Crippen LogP contribution in [0.4, 0.5) is 11.6 Å². The van der Waals surface area contributed by atoms with E-state index < -0.39 is 14.0 Å². The number of fused-ring (bicyclic) bond motifs is 1. The van der Waals surface area contributed by atoms with Crippen molar-refractivity contribution >= 4 is 22.8 Å². The molecule has 0 radical (unpaired) electrons. The Bertz CT molecular complexity index is 1290. The molecule has 0 saturated heterocycles. The summed E-state index contributed by atoms with van der Waals surface area (Å²) in [7, 11) is 0. The molecule has 7 nitrogen and oxygen atoms in total. The van der Waals surface area contributed by atoms with Gasteiger partial charge in [-0.15, -0.1) is 0 Å². The number of nitrogens with zero attached hydrogens (tertiary/aromatic N) is 5. The van der Waals surface area contributed by atoms with Crippen LogP contribution in [-0.2, 0) is 6.61 Å². The third-order valence-electron chi connectivity index (χ3n) is 4.18. The zero-order chi connectivity index (χ0) is 24.0. The Morgan fingerprint density at radius 2 is 1.93 bits per heavy atom. The number of aromatic nitrogens is 4. The zero-order valence-electron chi connectivity index (χ0n) is 20.2. The van der Waals surface area contributed by atoms with Gasteiger partial charge in [-0.1, -0.05) is 12.1 Å². The van der Waals surface area contributed by atoms with E-state index in [2.05, 4.69) is 15.0 Å². The minimum atomic E-state index is -2.95. The number of pyridine rings is 2. The third kappa shape index (κ3) is 2.98. The molecule has 0 aliphatic heterocycles. The van der Waals surface area contributed by atoms with Crippen LogP contribution in [0.1, 0.15) is 13.8 Å². The first-order valence-corrected chi connectivity index (χ1v) is 8.11. The molecule has 136 valence electrons. The number of nitrogen functional groups attached to an aromatic ring is 1. The number of benzene rings is 1. The first-order chi connectivity index (χ1) is 15.5. The maximum atomic E-state index is 9.38. The van der Waals surface area contributed by atoms with Crippen LogP contribution in [0.2, 0.25) is 0 Å². The minimum absolute atomic E-state index is 0.137. The fourth-order valence-electron chi connectivity index (χ4n) is 2.85. The van der Waals surface area contributed by atoms with Crippen LogP contribution in [0.15, 0.2) is 54.7 Å². The van der Waals surface area contributed by atoms with Gasteiger partial charge in [0.05, 0.1) is 12.2 Å². The van der Waals surface area contributed by atoms with Gasteiger partial charge >= 0.3 is 0 Å². The number of imidazole rings is 1. The van der Waals surface area contributed by atoms with Crippen molar-refractivity contribution in [2.24, 2.45) is 0 Å². The second-order valence-electron chi connectivity index (χ2n) is 5.88. The van der Waals surface area contributed by atoms with Gasteiger partial charge in [-0.25, -0.2) is 15.0 Å². The van der Waals surface area contributed by atoms with Crippen LogP contribution in [0.5, 0.6) is 0 Å². The van der Waals surface area contributed by atoms with E-state index in [1.54, 1.807) is 47.2 Å². The standard InChI is InChI=1S/C20H20N6O/c1-25(2)17-10-9-16-20(24-17)26(14-7-5-13(12-27)6-8-14)19(23-16)15-4-3-11-22-18(15)21/h3-11,27H,12H2,1-2H3,(H2,21,22)/i1D3,2D3. The Kier molecular flexibility index (Phi) is 2.80. The van der Waals surface area contributed by atoms with Gasteiger partial charge in [-0.05, 0) is 42.0 Å². The Morgan fingerprint density at radius 1 is 1.11 bits per heavy atom. The van der Waals surface area contributed by atoms with Gasteiger partial charge in [-0.2, -0.15) is 0 Å². The second kappa shape index (κ2) is 6.69. The highest BCUT2D eigenvalue weighted by molar-refractivity contribution is 5.83. The summed E-state index contributed by atoms with van der Waals surface area (Å²) in [6.45, 7) is -6.03. The highest BCUT2D eigenvalue weighted by Gasteiger charge is 2.18. The minimum Gasteiger partial charge on any atom is -0.392 e. The molecular weight excluding hydrogens is 340 g/mol. The van der Waals surface area contributed by atoms with Gasteiger partial charge in [0.2, 0.25) is 0 Å². The summed E-state index contributed by atoms with van der Waals surface area (Å²) in [6, 6.07) is 13.2. The number of aliphatic hydroxyl groups excluding tert-OH is 1. The van der Waals surface area contributed by atoms with E-state index in [1.165, 1.54) is 12.1 Å². The van der Waals surface area contributed by atoms with Crippen molar-refractivity contribution in [2.75, 3.05) is 24.6 Å². The van der Waals surface area contributed by atoms with Gasteiger partial charge in [0, 0.05) is 34.1 Å². The van der Waals surface area contributed by atoms with Crippen molar-refractivity contribution in [1.29, 1.82) is 0 Å². The summed E-state index contributed by atoms with van der Waals surface area (Å²) in [5.41, 5.74) is 8.54. The maximum absolute atomic E-state index is 9.38. The van der Waals surface area contributed by atoms with Crippen LogP contribution in [0.25, 0.3) is 28.2 Å². The number of hydrogen-bond acceptors (Lipinski definition) is 6. The normalized spacial score (nSPS) is 15.3. The first kappa shape index (κ1) is 11.3. The first-order valence-electron chi connectivity index (χ1n) is 11.1. The molecule has 3 N–H and O–H groups in total. The number of hydrogen-bond donors (Lipinski definition) is 2. The summed E-state index contributed by atoms with van der Waals surface area (Å²) < 4.78 is 47.9. The fourth-order valence-corrected chi connectivity index (χ4v) is 2.85. The number of anilines is 2. The highest BCUT2D eigenvalue weighted by Crippen LogP contribution is 2.31. The lowest BCUT2D eigenvalue weighted by Crippen LogP contribution is -2.11. The van der Waals surface area contributed by atoms with Crippen molar-refractivity contribution in [3.8, 4) is 17.1 Å². The van der Waals surface area contributed by atoms with Crippen LogP contribution >= 0.6 is 0 Å². The largest absolute Gasteiger partial charge is 0.392 e. The van der Waals surface area contributed by atoms with E-state index in [1.807, 2.05) is 0 Å². The Morgan fingerprint density at radius 3 is 2.63 bits per heavy atom. The predicted octanol–water partition coefficient (Wildman–Crippen LogP) is 2.62. The van der Waals surface area contributed by atoms with Gasteiger partial charge in [0.15, 0.2) is 11.5 Å². The monoisotopic (exact) mass is 366 g/mol. The Labute approximate surface area is 165 Å². The molecule has 0 bridgehead atoms. The molecule has 4 aromatic rings. The molecule has 3 heterocycles. The van der Waals surface area contributed by atoms with Gasteiger partial charge < -0.3 is 15.7 Å². The summed E-state index contributed by atoms with van der Waals surface area (Å²) >= 11 is 0. The van der Waals surface area contributed by atoms with Crippen molar-refractivity contribution in [1.82, 2.24) is 19.5 Å². The molecule has 1 aromatic carbocycles. The second-order valence-corrected chi connectivity index (χ2v) is 5.88. The maximum Gasteiger partial charge on any atom is 0.167 e. The summed E-state index contributed by atoms with van der Waals surface area (Å²) in [5.74, 6) is 0.375. The Balaban J connectivity index is 2.02. The SMILES string of the molecule is [2H]C([2H])([2H])N(c1ccc2nc(-c3cccnc3N)n(-c3ccc(CO)cc3)c2n1)C([2H])([2H])[2H]. The molecule has 4 rings (SSSR count). The lowest BCUT2D eigenvalue weighted by atomic mass is 10.2. The van der Waals surface area contributed by atoms with Crippen molar-refractivity contribution in [3.05, 3.63) is 60.3 Å². The molecule has 0 unspecified atom stereocenters. The fraction of sp³-hybridized carbons (Fsp3) is 0.150. The van der Waals surface area contributed by atoms with Gasteiger partial charge in [0.1, 0.15) is 17.2 Å². The van der Waals surface area contributed by atoms with Crippen LogP contribution in [-0.4, -0.2) is 38.6 Å². The molecule has 3 aromatic heterocycles. The van der Waals surface area contributed by atoms with E-state index in [0.29, 0.717) is 33.1 Å². The highest BCUT2D eigenvalue weighted by atomic mass is 16.3. The molecule has 0 spiro atoms. The summed E-state index contributed by atoms with van der Waals surface area (Å²) in [4.78, 5) is 13.5. The number of rotatable bonds is 4. The average molecular weight is 366 g/mol. The lowest BCUT2D eigenvalue weighted by molar-refractivity contribution is 0.282. The molecule has 0 fully saturated rings. The van der Waals surface area contributed by atoms with E-state index >= 15 is 0 Å². The van der Waals surface area contributed by atoms with E-state index in [-0.39, 0.29) is 23.9 Å².